The van der Waals surface area contributed by atoms with Gasteiger partial charge in [-0.2, -0.15) is 0 Å². The highest BCUT2D eigenvalue weighted by molar-refractivity contribution is 8.00. The van der Waals surface area contributed by atoms with Gasteiger partial charge in [-0.15, -0.1) is 11.8 Å². The number of thioether (sulfide) groups is 1. The van der Waals surface area contributed by atoms with Gasteiger partial charge in [0.15, 0.2) is 11.5 Å². The molecule has 0 saturated carbocycles. The Hall–Kier alpha value is -2.14. The molecule has 1 atom stereocenters. The maximum atomic E-state index is 12.5. The van der Waals surface area contributed by atoms with Gasteiger partial charge in [-0.3, -0.25) is 4.79 Å². The van der Waals surface area contributed by atoms with E-state index in [1.54, 1.807) is 14.2 Å². The van der Waals surface area contributed by atoms with E-state index in [4.69, 9.17) is 9.47 Å². The van der Waals surface area contributed by atoms with Crippen LogP contribution in [0.3, 0.4) is 0 Å². The fourth-order valence-corrected chi connectivity index (χ4v) is 3.23. The molecule has 0 aliphatic heterocycles. The van der Waals surface area contributed by atoms with Gasteiger partial charge < -0.3 is 14.8 Å². The summed E-state index contributed by atoms with van der Waals surface area (Å²) >= 11 is 1.49. The van der Waals surface area contributed by atoms with Crippen LogP contribution in [-0.2, 0) is 11.2 Å². The van der Waals surface area contributed by atoms with E-state index in [9.17, 15) is 4.79 Å². The summed E-state index contributed by atoms with van der Waals surface area (Å²) < 4.78 is 10.5. The first-order chi connectivity index (χ1) is 11.6. The third kappa shape index (κ3) is 4.45. The van der Waals surface area contributed by atoms with Crippen molar-refractivity contribution < 1.29 is 14.3 Å². The van der Waals surface area contributed by atoms with Crippen molar-refractivity contribution in [1.82, 2.24) is 0 Å². The number of hydrogen-bond acceptors (Lipinski definition) is 4. The molecule has 0 aromatic heterocycles. The number of aryl methyl sites for hydroxylation is 1. The highest BCUT2D eigenvalue weighted by atomic mass is 32.2. The molecule has 5 heteroatoms. The van der Waals surface area contributed by atoms with Crippen molar-refractivity contribution in [3.8, 4) is 11.5 Å². The topological polar surface area (TPSA) is 47.6 Å². The van der Waals surface area contributed by atoms with Crippen molar-refractivity contribution in [2.45, 2.75) is 30.4 Å². The first-order valence-corrected chi connectivity index (χ1v) is 8.74. The largest absolute Gasteiger partial charge is 0.493 e. The molecule has 0 unspecified atom stereocenters. The van der Waals surface area contributed by atoms with Crippen molar-refractivity contribution >= 4 is 23.4 Å². The summed E-state index contributed by atoms with van der Waals surface area (Å²) in [5.41, 5.74) is 2.01. The zero-order chi connectivity index (χ0) is 17.5. The van der Waals surface area contributed by atoms with Gasteiger partial charge in [-0.05, 0) is 43.2 Å². The summed E-state index contributed by atoms with van der Waals surface area (Å²) in [6.07, 6.45) is 0.883. The monoisotopic (exact) mass is 345 g/mol. The predicted molar refractivity (Wildman–Crippen MR) is 99.3 cm³/mol. The van der Waals surface area contributed by atoms with Gasteiger partial charge in [0.25, 0.3) is 0 Å². The molecule has 128 valence electrons. The van der Waals surface area contributed by atoms with Crippen LogP contribution >= 0.6 is 11.8 Å². The molecule has 1 amide bonds. The summed E-state index contributed by atoms with van der Waals surface area (Å²) in [5.74, 6) is 1.32. The lowest BCUT2D eigenvalue weighted by Crippen LogP contribution is -2.23. The third-order valence-corrected chi connectivity index (χ3v) is 4.79. The Kier molecular flexibility index (Phi) is 6.55. The van der Waals surface area contributed by atoms with Gasteiger partial charge in [-0.25, -0.2) is 0 Å². The number of anilines is 1. The molecule has 4 nitrogen and oxygen atoms in total. The van der Waals surface area contributed by atoms with Crippen molar-refractivity contribution in [3.05, 3.63) is 48.0 Å². The predicted octanol–water partition coefficient (Wildman–Crippen LogP) is 4.39. The Morgan fingerprint density at radius 3 is 2.50 bits per heavy atom. The number of amides is 1. The Morgan fingerprint density at radius 2 is 1.83 bits per heavy atom. The average molecular weight is 345 g/mol. The number of hydrogen-bond donors (Lipinski definition) is 1. The molecule has 2 aromatic rings. The number of nitrogens with one attached hydrogen (secondary N) is 1. The van der Waals surface area contributed by atoms with E-state index >= 15 is 0 Å². The Bertz CT molecular complexity index is 703. The van der Waals surface area contributed by atoms with E-state index in [-0.39, 0.29) is 11.2 Å². The third-order valence-electron chi connectivity index (χ3n) is 3.69. The molecule has 1 N–H and O–H groups in total. The highest BCUT2D eigenvalue weighted by Crippen LogP contribution is 2.33. The number of benzene rings is 2. The van der Waals surface area contributed by atoms with Crippen molar-refractivity contribution in [3.63, 3.8) is 0 Å². The number of methoxy groups -OCH3 is 2. The first kappa shape index (κ1) is 18.2. The minimum Gasteiger partial charge on any atom is -0.493 e. The lowest BCUT2D eigenvalue weighted by Gasteiger charge is -2.15. The minimum atomic E-state index is -0.229. The van der Waals surface area contributed by atoms with Crippen molar-refractivity contribution in [2.75, 3.05) is 19.5 Å². The second-order valence-corrected chi connectivity index (χ2v) is 6.69. The maximum Gasteiger partial charge on any atom is 0.237 e. The fraction of sp³-hybridized carbons (Fsp3) is 0.316. The molecule has 0 saturated heterocycles. The molecule has 0 heterocycles. The van der Waals surface area contributed by atoms with Crippen LogP contribution in [0.4, 0.5) is 5.69 Å². The highest BCUT2D eigenvalue weighted by Gasteiger charge is 2.16. The first-order valence-electron chi connectivity index (χ1n) is 7.86. The van der Waals surface area contributed by atoms with E-state index < -0.39 is 0 Å². The fourth-order valence-electron chi connectivity index (χ4n) is 2.33. The number of ether oxygens (including phenoxy) is 2. The molecule has 0 aliphatic rings. The van der Waals surface area contributed by atoms with Crippen LogP contribution in [0.5, 0.6) is 11.5 Å². The van der Waals surface area contributed by atoms with Crippen LogP contribution in [0.15, 0.2) is 47.4 Å². The summed E-state index contributed by atoms with van der Waals surface area (Å²) in [7, 11) is 3.20. The standard InChI is InChI=1S/C19H23NO3S/c1-5-14-8-6-7-9-16(14)20-19(21)13(2)24-15-10-11-17(22-3)18(12-15)23-4/h6-13H,5H2,1-4H3,(H,20,21)/t13-/m1/s1. The Labute approximate surface area is 147 Å². The molecule has 2 aromatic carbocycles. The van der Waals surface area contributed by atoms with E-state index in [1.165, 1.54) is 11.8 Å². The minimum absolute atomic E-state index is 0.0179. The summed E-state index contributed by atoms with van der Waals surface area (Å²) in [6, 6.07) is 13.5. The lowest BCUT2D eigenvalue weighted by molar-refractivity contribution is -0.115. The van der Waals surface area contributed by atoms with E-state index in [0.29, 0.717) is 11.5 Å². The van der Waals surface area contributed by atoms with Crippen LogP contribution in [0.25, 0.3) is 0 Å². The SMILES string of the molecule is CCc1ccccc1NC(=O)[C@@H](C)Sc1ccc(OC)c(OC)c1. The molecular weight excluding hydrogens is 322 g/mol. The van der Waals surface area contributed by atoms with E-state index in [1.807, 2.05) is 49.4 Å². The molecule has 0 spiro atoms. The zero-order valence-electron chi connectivity index (χ0n) is 14.5. The van der Waals surface area contributed by atoms with Gasteiger partial charge in [0, 0.05) is 10.6 Å². The molecule has 0 fully saturated rings. The quantitative estimate of drug-likeness (QED) is 0.756. The number of para-hydroxylation sites is 1. The summed E-state index contributed by atoms with van der Waals surface area (Å²) in [6.45, 7) is 3.97. The van der Waals surface area contributed by atoms with Crippen LogP contribution in [-0.4, -0.2) is 25.4 Å². The average Bonchev–Trinajstić information content (AvgIpc) is 2.61. The molecule has 0 bridgehead atoms. The maximum absolute atomic E-state index is 12.5. The van der Waals surface area contributed by atoms with E-state index in [2.05, 4.69) is 12.2 Å². The second-order valence-electron chi connectivity index (χ2n) is 5.28. The molecule has 0 aliphatic carbocycles. The molecular formula is C19H23NO3S. The van der Waals surface area contributed by atoms with Gasteiger partial charge >= 0.3 is 0 Å². The van der Waals surface area contributed by atoms with E-state index in [0.717, 1.165) is 22.6 Å². The normalized spacial score (nSPS) is 11.7. The number of carbonyl (C=O) groups is 1. The van der Waals surface area contributed by atoms with Crippen LogP contribution < -0.4 is 14.8 Å². The van der Waals surface area contributed by atoms with Crippen molar-refractivity contribution in [2.24, 2.45) is 0 Å². The van der Waals surface area contributed by atoms with Crippen LogP contribution in [0.2, 0.25) is 0 Å². The molecule has 24 heavy (non-hydrogen) atoms. The Morgan fingerprint density at radius 1 is 1.12 bits per heavy atom. The van der Waals surface area contributed by atoms with Gasteiger partial charge in [0.1, 0.15) is 0 Å². The zero-order valence-corrected chi connectivity index (χ0v) is 15.3. The van der Waals surface area contributed by atoms with Crippen molar-refractivity contribution in [1.29, 1.82) is 0 Å². The molecule has 2 rings (SSSR count). The molecule has 0 radical (unpaired) electrons. The second kappa shape index (κ2) is 8.64. The summed E-state index contributed by atoms with van der Waals surface area (Å²) in [5, 5.41) is 2.79. The number of carbonyl (C=O) groups excluding carboxylic acids is 1. The number of rotatable bonds is 7. The van der Waals surface area contributed by atoms with Crippen LogP contribution in [0, 0.1) is 0 Å². The summed E-state index contributed by atoms with van der Waals surface area (Å²) in [4.78, 5) is 13.4. The van der Waals surface area contributed by atoms with Gasteiger partial charge in [0.2, 0.25) is 5.91 Å². The van der Waals surface area contributed by atoms with Crippen LogP contribution in [0.1, 0.15) is 19.4 Å². The lowest BCUT2D eigenvalue weighted by atomic mass is 10.1. The van der Waals surface area contributed by atoms with Gasteiger partial charge in [0.05, 0.1) is 19.5 Å². The van der Waals surface area contributed by atoms with Gasteiger partial charge in [-0.1, -0.05) is 25.1 Å². The Balaban J connectivity index is 2.06. The smallest absolute Gasteiger partial charge is 0.237 e.